The van der Waals surface area contributed by atoms with Crippen LogP contribution in [-0.4, -0.2) is 36.0 Å². The summed E-state index contributed by atoms with van der Waals surface area (Å²) in [6, 6.07) is 4.29. The molecule has 0 atom stereocenters. The smallest absolute Gasteiger partial charge is 0.319 e. The summed E-state index contributed by atoms with van der Waals surface area (Å²) in [5, 5.41) is 5.50. The number of likely N-dealkylation sites (tertiary alicyclic amines) is 1. The predicted molar refractivity (Wildman–Crippen MR) is 83.2 cm³/mol. The van der Waals surface area contributed by atoms with Gasteiger partial charge in [0.2, 0.25) is 5.91 Å². The zero-order chi connectivity index (χ0) is 16.1. The highest BCUT2D eigenvalue weighted by Crippen LogP contribution is 2.14. The van der Waals surface area contributed by atoms with E-state index >= 15 is 0 Å². The number of urea groups is 1. The number of anilines is 1. The van der Waals surface area contributed by atoms with E-state index in [1.165, 1.54) is 6.07 Å². The molecule has 1 fully saturated rings. The lowest BCUT2D eigenvalue weighted by Gasteiger charge is -2.32. The molecule has 0 unspecified atom stereocenters. The maximum atomic E-state index is 13.4. The Morgan fingerprint density at radius 3 is 2.59 bits per heavy atom. The summed E-state index contributed by atoms with van der Waals surface area (Å²) in [6.45, 7) is 4.85. The lowest BCUT2D eigenvalue weighted by molar-refractivity contribution is -0.131. The van der Waals surface area contributed by atoms with E-state index in [-0.39, 0.29) is 23.8 Å². The zero-order valence-electron chi connectivity index (χ0n) is 13.0. The first-order valence-electron chi connectivity index (χ1n) is 7.61. The van der Waals surface area contributed by atoms with Gasteiger partial charge < -0.3 is 15.5 Å². The van der Waals surface area contributed by atoms with Crippen LogP contribution in [0.15, 0.2) is 18.2 Å². The second-order valence-corrected chi connectivity index (χ2v) is 5.57. The molecule has 2 N–H and O–H groups in total. The highest BCUT2D eigenvalue weighted by Gasteiger charge is 2.22. The van der Waals surface area contributed by atoms with Crippen molar-refractivity contribution in [3.63, 3.8) is 0 Å². The van der Waals surface area contributed by atoms with E-state index in [1.807, 2.05) is 11.8 Å². The summed E-state index contributed by atoms with van der Waals surface area (Å²) < 4.78 is 13.4. The average molecular weight is 307 g/mol. The van der Waals surface area contributed by atoms with Gasteiger partial charge >= 0.3 is 6.03 Å². The van der Waals surface area contributed by atoms with Gasteiger partial charge in [-0.15, -0.1) is 0 Å². The number of carbonyl (C=O) groups is 2. The van der Waals surface area contributed by atoms with Crippen molar-refractivity contribution < 1.29 is 14.0 Å². The molecule has 1 aliphatic heterocycles. The molecular weight excluding hydrogens is 285 g/mol. The first kappa shape index (κ1) is 16.3. The normalized spacial score (nSPS) is 15.5. The number of piperidine rings is 1. The van der Waals surface area contributed by atoms with Crippen molar-refractivity contribution >= 4 is 17.6 Å². The van der Waals surface area contributed by atoms with E-state index in [0.717, 1.165) is 12.8 Å². The fourth-order valence-electron chi connectivity index (χ4n) is 2.52. The van der Waals surface area contributed by atoms with E-state index in [1.54, 1.807) is 19.1 Å². The number of nitrogens with one attached hydrogen (secondary N) is 2. The van der Waals surface area contributed by atoms with Crippen LogP contribution in [0, 0.1) is 12.7 Å². The van der Waals surface area contributed by atoms with E-state index in [4.69, 9.17) is 0 Å². The Balaban J connectivity index is 1.80. The first-order chi connectivity index (χ1) is 10.5. The van der Waals surface area contributed by atoms with Gasteiger partial charge in [0.25, 0.3) is 0 Å². The van der Waals surface area contributed by atoms with Gasteiger partial charge in [-0.1, -0.05) is 13.0 Å². The molecule has 6 heteroatoms. The lowest BCUT2D eigenvalue weighted by atomic mass is 10.0. The number of aryl methyl sites for hydroxylation is 1. The monoisotopic (exact) mass is 307 g/mol. The van der Waals surface area contributed by atoms with Crippen LogP contribution in [0.4, 0.5) is 14.9 Å². The molecule has 1 heterocycles. The number of rotatable bonds is 3. The second-order valence-electron chi connectivity index (χ2n) is 5.57. The third-order valence-electron chi connectivity index (χ3n) is 3.92. The minimum atomic E-state index is -0.344. The van der Waals surface area contributed by atoms with Crippen molar-refractivity contribution in [1.82, 2.24) is 10.2 Å². The van der Waals surface area contributed by atoms with Crippen LogP contribution in [-0.2, 0) is 4.79 Å². The van der Waals surface area contributed by atoms with Gasteiger partial charge in [-0.25, -0.2) is 9.18 Å². The second kappa shape index (κ2) is 7.24. The van der Waals surface area contributed by atoms with Crippen molar-refractivity contribution in [3.05, 3.63) is 29.6 Å². The van der Waals surface area contributed by atoms with Gasteiger partial charge in [0.1, 0.15) is 5.82 Å². The molecule has 1 saturated heterocycles. The zero-order valence-corrected chi connectivity index (χ0v) is 13.0. The predicted octanol–water partition coefficient (Wildman–Crippen LogP) is 2.66. The molecule has 1 aliphatic rings. The first-order valence-corrected chi connectivity index (χ1v) is 7.61. The highest BCUT2D eigenvalue weighted by molar-refractivity contribution is 5.89. The quantitative estimate of drug-likeness (QED) is 0.902. The van der Waals surface area contributed by atoms with Crippen LogP contribution in [0.5, 0.6) is 0 Å². The van der Waals surface area contributed by atoms with Crippen LogP contribution >= 0.6 is 0 Å². The molecule has 0 aromatic heterocycles. The summed E-state index contributed by atoms with van der Waals surface area (Å²) in [5.74, 6) is -0.192. The number of halogens is 1. The van der Waals surface area contributed by atoms with Crippen molar-refractivity contribution in [2.75, 3.05) is 18.4 Å². The average Bonchev–Trinajstić information content (AvgIpc) is 2.51. The Morgan fingerprint density at radius 2 is 2.00 bits per heavy atom. The Bertz CT molecular complexity index is 554. The van der Waals surface area contributed by atoms with Gasteiger partial charge in [0.05, 0.1) is 0 Å². The van der Waals surface area contributed by atoms with Crippen LogP contribution in [0.2, 0.25) is 0 Å². The molecule has 0 saturated carbocycles. The van der Waals surface area contributed by atoms with Gasteiger partial charge in [-0.3, -0.25) is 4.79 Å². The van der Waals surface area contributed by atoms with Crippen LogP contribution in [0.1, 0.15) is 31.7 Å². The van der Waals surface area contributed by atoms with Gasteiger partial charge in [0.15, 0.2) is 0 Å². The third kappa shape index (κ3) is 4.19. The highest BCUT2D eigenvalue weighted by atomic mass is 19.1. The van der Waals surface area contributed by atoms with Gasteiger partial charge in [-0.05, 0) is 37.5 Å². The van der Waals surface area contributed by atoms with Crippen LogP contribution < -0.4 is 10.6 Å². The maximum Gasteiger partial charge on any atom is 0.319 e. The van der Waals surface area contributed by atoms with Crippen molar-refractivity contribution in [2.45, 2.75) is 39.2 Å². The molecule has 3 amide bonds. The van der Waals surface area contributed by atoms with Crippen LogP contribution in [0.3, 0.4) is 0 Å². The standard InChI is InChI=1S/C16H22FN3O2/c1-3-15(21)20-8-6-12(7-9-20)18-16(22)19-13-5-4-11(2)14(17)10-13/h4-5,10,12H,3,6-9H2,1-2H3,(H2,18,19,22). The molecule has 0 bridgehead atoms. The number of amides is 3. The summed E-state index contributed by atoms with van der Waals surface area (Å²) in [5.41, 5.74) is 0.970. The number of hydrogen-bond donors (Lipinski definition) is 2. The largest absolute Gasteiger partial charge is 0.343 e. The topological polar surface area (TPSA) is 61.4 Å². The molecule has 1 aromatic carbocycles. The Labute approximate surface area is 129 Å². The molecule has 120 valence electrons. The van der Waals surface area contributed by atoms with Crippen molar-refractivity contribution in [1.29, 1.82) is 0 Å². The molecule has 1 aromatic rings. The molecule has 22 heavy (non-hydrogen) atoms. The van der Waals surface area contributed by atoms with Crippen molar-refractivity contribution in [2.24, 2.45) is 0 Å². The summed E-state index contributed by atoms with van der Waals surface area (Å²) in [4.78, 5) is 25.3. The van der Waals surface area contributed by atoms with Crippen molar-refractivity contribution in [3.8, 4) is 0 Å². The van der Waals surface area contributed by atoms with E-state index in [2.05, 4.69) is 10.6 Å². The van der Waals surface area contributed by atoms with Gasteiger partial charge in [0, 0.05) is 31.2 Å². The summed E-state index contributed by atoms with van der Waals surface area (Å²) in [6.07, 6.45) is 1.99. The van der Waals surface area contributed by atoms with E-state index in [0.29, 0.717) is 30.8 Å². The molecular formula is C16H22FN3O2. The number of hydrogen-bond acceptors (Lipinski definition) is 2. The Kier molecular flexibility index (Phi) is 5.35. The SMILES string of the molecule is CCC(=O)N1CCC(NC(=O)Nc2ccc(C)c(F)c2)CC1. The Morgan fingerprint density at radius 1 is 1.32 bits per heavy atom. The minimum absolute atomic E-state index is 0.0381. The maximum absolute atomic E-state index is 13.4. The molecule has 0 aliphatic carbocycles. The summed E-state index contributed by atoms with van der Waals surface area (Å²) >= 11 is 0. The molecule has 0 spiro atoms. The number of carbonyl (C=O) groups excluding carboxylic acids is 2. The molecule has 0 radical (unpaired) electrons. The summed E-state index contributed by atoms with van der Waals surface area (Å²) in [7, 11) is 0. The van der Waals surface area contributed by atoms with E-state index in [9.17, 15) is 14.0 Å². The minimum Gasteiger partial charge on any atom is -0.343 e. The Hall–Kier alpha value is -2.11. The fourth-order valence-corrected chi connectivity index (χ4v) is 2.52. The number of nitrogens with zero attached hydrogens (tertiary/aromatic N) is 1. The van der Waals surface area contributed by atoms with E-state index < -0.39 is 0 Å². The third-order valence-corrected chi connectivity index (χ3v) is 3.92. The van der Waals surface area contributed by atoms with Gasteiger partial charge in [-0.2, -0.15) is 0 Å². The lowest BCUT2D eigenvalue weighted by Crippen LogP contribution is -2.47. The molecule has 2 rings (SSSR count). The fraction of sp³-hybridized carbons (Fsp3) is 0.500. The number of benzene rings is 1. The molecule has 5 nitrogen and oxygen atoms in total. The van der Waals surface area contributed by atoms with Crippen LogP contribution in [0.25, 0.3) is 0 Å².